The monoisotopic (exact) mass is 916 g/mol. The summed E-state index contributed by atoms with van der Waals surface area (Å²) in [5.74, 6) is -0.109. The van der Waals surface area contributed by atoms with Gasteiger partial charge >= 0.3 is 0 Å². The van der Waals surface area contributed by atoms with Gasteiger partial charge in [0.15, 0.2) is 24.7 Å². The second kappa shape index (κ2) is 17.7. The summed E-state index contributed by atoms with van der Waals surface area (Å²) in [6.07, 6.45) is -15.4. The zero-order valence-electron chi connectivity index (χ0n) is 37.2. The van der Waals surface area contributed by atoms with Crippen molar-refractivity contribution in [3.8, 4) is 0 Å². The maximum atomic E-state index is 12.8. The Hall–Kier alpha value is -1.02. The van der Waals surface area contributed by atoms with E-state index in [1.54, 1.807) is 0 Å². The Morgan fingerprint density at radius 1 is 0.672 bits per heavy atom. The Morgan fingerprint density at radius 3 is 2.00 bits per heavy atom. The zero-order chi connectivity index (χ0) is 45.8. The van der Waals surface area contributed by atoms with Gasteiger partial charge < -0.3 is 94.1 Å². The predicted octanol–water partition coefficient (Wildman–Crippen LogP) is -1.70. The molecule has 1 spiro atoms. The molecule has 4 aliphatic carbocycles. The van der Waals surface area contributed by atoms with Crippen LogP contribution in [-0.2, 0) is 37.9 Å². The molecule has 9 aliphatic rings. The number of allylic oxidation sites excluding steroid dienone is 1. The molecule has 5 aliphatic heterocycles. The summed E-state index contributed by atoms with van der Waals surface area (Å²) in [4.78, 5) is 0. The third kappa shape index (κ3) is 7.42. The highest BCUT2D eigenvalue weighted by Crippen LogP contribution is 2.72. The van der Waals surface area contributed by atoms with Gasteiger partial charge in [0.05, 0.1) is 38.1 Å². The average molecular weight is 917 g/mol. The molecule has 0 unspecified atom stereocenters. The third-order valence-electron chi connectivity index (χ3n) is 18.1. The maximum Gasteiger partial charge on any atom is 0.187 e. The minimum absolute atomic E-state index is 0.0716. The van der Waals surface area contributed by atoms with Gasteiger partial charge in [0.2, 0.25) is 0 Å². The first-order valence-electron chi connectivity index (χ1n) is 23.6. The lowest BCUT2D eigenvalue weighted by Crippen LogP contribution is -2.67. The second-order valence-electron chi connectivity index (χ2n) is 21.1. The van der Waals surface area contributed by atoms with Crippen LogP contribution in [0, 0.1) is 40.4 Å². The van der Waals surface area contributed by atoms with Gasteiger partial charge in [-0.2, -0.15) is 0 Å². The van der Waals surface area contributed by atoms with Crippen LogP contribution in [0.15, 0.2) is 11.6 Å². The van der Waals surface area contributed by atoms with Crippen molar-refractivity contribution >= 4 is 0 Å². The van der Waals surface area contributed by atoms with Crippen LogP contribution < -0.4 is 0 Å². The molecule has 366 valence electrons. The molecular formula is C45H72O19. The van der Waals surface area contributed by atoms with Gasteiger partial charge in [-0.3, -0.25) is 0 Å². The van der Waals surface area contributed by atoms with Crippen molar-refractivity contribution in [1.29, 1.82) is 0 Å². The molecule has 19 nitrogen and oxygen atoms in total. The Kier molecular flexibility index (Phi) is 13.3. The fourth-order valence-electron chi connectivity index (χ4n) is 14.0. The molecule has 0 radical (unpaired) electrons. The van der Waals surface area contributed by atoms with Crippen LogP contribution in [0.1, 0.15) is 85.5 Å². The summed E-state index contributed by atoms with van der Waals surface area (Å²) in [7, 11) is 0. The predicted molar refractivity (Wildman–Crippen MR) is 217 cm³/mol. The summed E-state index contributed by atoms with van der Waals surface area (Å²) in [5.41, 5.74) is -0.360. The Balaban J connectivity index is 0.942. The van der Waals surface area contributed by atoms with Crippen LogP contribution in [-0.4, -0.2) is 198 Å². The molecule has 3 saturated carbocycles. The van der Waals surface area contributed by atoms with Gasteiger partial charge in [0.25, 0.3) is 0 Å². The van der Waals surface area contributed by atoms with E-state index in [-0.39, 0.29) is 41.3 Å². The summed E-state index contributed by atoms with van der Waals surface area (Å²) < 4.78 is 49.8. The van der Waals surface area contributed by atoms with Crippen molar-refractivity contribution < 1.29 is 94.1 Å². The van der Waals surface area contributed by atoms with Gasteiger partial charge in [-0.05, 0) is 81.5 Å². The van der Waals surface area contributed by atoms with Crippen LogP contribution in [0.2, 0.25) is 0 Å². The number of hydrogen-bond acceptors (Lipinski definition) is 19. The van der Waals surface area contributed by atoms with Crippen LogP contribution in [0.3, 0.4) is 0 Å². The van der Waals surface area contributed by atoms with E-state index in [1.807, 2.05) is 0 Å². The first-order valence-corrected chi connectivity index (χ1v) is 23.6. The molecule has 5 saturated heterocycles. The van der Waals surface area contributed by atoms with Crippen LogP contribution in [0.25, 0.3) is 0 Å². The normalized spacial score (nSPS) is 57.4. The lowest BCUT2D eigenvalue weighted by molar-refractivity contribution is -0.394. The Bertz CT molecular complexity index is 1680. The van der Waals surface area contributed by atoms with Crippen molar-refractivity contribution in [3.63, 3.8) is 0 Å². The maximum absolute atomic E-state index is 12.8. The zero-order valence-corrected chi connectivity index (χ0v) is 37.2. The quantitative estimate of drug-likeness (QED) is 0.115. The van der Waals surface area contributed by atoms with Gasteiger partial charge in [0, 0.05) is 30.3 Å². The minimum Gasteiger partial charge on any atom is -0.396 e. The van der Waals surface area contributed by atoms with Crippen molar-refractivity contribution in [3.05, 3.63) is 11.6 Å². The first kappa shape index (κ1) is 48.0. The molecule has 11 N–H and O–H groups in total. The van der Waals surface area contributed by atoms with E-state index in [0.717, 1.165) is 38.5 Å². The molecule has 8 fully saturated rings. The molecule has 0 aromatic carbocycles. The largest absolute Gasteiger partial charge is 0.396 e. The van der Waals surface area contributed by atoms with E-state index in [4.69, 9.17) is 37.9 Å². The van der Waals surface area contributed by atoms with Crippen molar-refractivity contribution in [2.45, 2.75) is 201 Å². The molecule has 0 aromatic rings. The number of rotatable bonds is 9. The highest BCUT2D eigenvalue weighted by molar-refractivity contribution is 5.29. The summed E-state index contributed by atoms with van der Waals surface area (Å²) in [6.45, 7) is 7.17. The Morgan fingerprint density at radius 2 is 1.33 bits per heavy atom. The third-order valence-corrected chi connectivity index (χ3v) is 18.1. The number of fused-ring (bicyclic) bond motifs is 7. The van der Waals surface area contributed by atoms with Crippen LogP contribution in [0.5, 0.6) is 0 Å². The first-order chi connectivity index (χ1) is 30.3. The van der Waals surface area contributed by atoms with Gasteiger partial charge in [-0.15, -0.1) is 0 Å². The highest BCUT2D eigenvalue weighted by Gasteiger charge is 2.76. The number of ether oxygens (including phenoxy) is 8. The van der Waals surface area contributed by atoms with E-state index >= 15 is 0 Å². The molecule has 0 amide bonds. The van der Waals surface area contributed by atoms with Gasteiger partial charge in [0.1, 0.15) is 72.7 Å². The molecule has 5 heterocycles. The van der Waals surface area contributed by atoms with Crippen molar-refractivity contribution in [1.82, 2.24) is 0 Å². The smallest absolute Gasteiger partial charge is 0.187 e. The standard InChI is InChI=1S/C45H72O19/c1-19-30(49)33(52)35(54)39(58-19)63-38-37(62-40-36(55)34(53)31(50)27(16-47)60-40)32(51)28(17-48)61-41(38)59-23-8-10-42(3)22(13-23)5-6-24-25(42)9-11-43(4)26(24)14-29-45(43,56)20(2)44(64-29)12-7-21(15-46)18-57-44/h5,19-21,23-41,46-56H,6-18H2,1-4H3/t19-,20+,21-,23-,24+,25-,26-,27+,28+,29-,30-,31+,32+,33+,34-,35+,36+,37-,38+,39-,40-,41+,42-,43-,44+,45+/m0/s1. The lowest BCUT2D eigenvalue weighted by atomic mass is 9.46. The van der Waals surface area contributed by atoms with Gasteiger partial charge in [-0.1, -0.05) is 32.4 Å². The fraction of sp³-hybridized carbons (Fsp3) is 0.956. The highest BCUT2D eigenvalue weighted by atomic mass is 16.8. The SMILES string of the molecule is C[C@@H]1O[C@@H](O[C@H]2[C@H](O[C@H]3CC[C@@]4(C)C(=CC[C@@H]5[C@@H]4CC[C@@]4(C)[C@H]5C[C@@H]5O[C@]6(CC[C@@H](CO)CO6)[C@@H](C)[C@@]54O)C3)O[C@H](CO)[C@@H](O)[C@@H]2O[C@@H]2O[C@H](CO)[C@@H](O)[C@H](O)[C@H]2O)[C@H](O)[C@H](O)[C@H]1O. The van der Waals surface area contributed by atoms with E-state index in [1.165, 1.54) is 12.5 Å². The molecule has 64 heavy (non-hydrogen) atoms. The minimum atomic E-state index is -1.87. The Labute approximate surface area is 373 Å². The summed E-state index contributed by atoms with van der Waals surface area (Å²) in [5, 5.41) is 118. The lowest BCUT2D eigenvalue weighted by Gasteiger charge is -2.60. The number of aliphatic hydroxyl groups excluding tert-OH is 10. The van der Waals surface area contributed by atoms with Gasteiger partial charge in [-0.25, -0.2) is 0 Å². The van der Waals surface area contributed by atoms with Crippen LogP contribution in [0.4, 0.5) is 0 Å². The molecule has 19 heteroatoms. The van der Waals surface area contributed by atoms with E-state index in [2.05, 4.69) is 26.8 Å². The molecule has 0 bridgehead atoms. The average Bonchev–Trinajstić information content (AvgIpc) is 3.64. The van der Waals surface area contributed by atoms with E-state index in [9.17, 15) is 56.2 Å². The van der Waals surface area contributed by atoms with Crippen molar-refractivity contribution in [2.75, 3.05) is 26.4 Å². The number of hydrogen-bond donors (Lipinski definition) is 11. The summed E-state index contributed by atoms with van der Waals surface area (Å²) in [6, 6.07) is 0. The van der Waals surface area contributed by atoms with E-state index < -0.39 is 123 Å². The molecule has 9 rings (SSSR count). The molecule has 26 atom stereocenters. The second-order valence-corrected chi connectivity index (χ2v) is 21.1. The molecular weight excluding hydrogens is 844 g/mol. The summed E-state index contributed by atoms with van der Waals surface area (Å²) >= 11 is 0. The topological polar surface area (TPSA) is 296 Å². The molecule has 0 aromatic heterocycles. The van der Waals surface area contributed by atoms with Crippen LogP contribution >= 0.6 is 0 Å². The van der Waals surface area contributed by atoms with Crippen molar-refractivity contribution in [2.24, 2.45) is 40.4 Å². The fourth-order valence-corrected chi connectivity index (χ4v) is 14.0. The van der Waals surface area contributed by atoms with E-state index in [0.29, 0.717) is 37.7 Å². The number of aliphatic hydroxyl groups is 11.